The Morgan fingerprint density at radius 1 is 1.31 bits per heavy atom. The quantitative estimate of drug-likeness (QED) is 0.321. The van der Waals surface area contributed by atoms with E-state index >= 15 is 0 Å². The Morgan fingerprint density at radius 3 is 2.00 bits per heavy atom. The van der Waals surface area contributed by atoms with Crippen LogP contribution in [0.1, 0.15) is 6.92 Å². The van der Waals surface area contributed by atoms with Gasteiger partial charge in [0.15, 0.2) is 0 Å². The highest BCUT2D eigenvalue weighted by atomic mass is 16.5. The molecule has 0 amide bonds. The molecular weight excluding hydrogens is 180 g/mol. The third kappa shape index (κ3) is 24.8. The lowest BCUT2D eigenvalue weighted by molar-refractivity contribution is -0.141. The van der Waals surface area contributed by atoms with Gasteiger partial charge in [-0.15, -0.1) is 0 Å². The van der Waals surface area contributed by atoms with E-state index in [4.69, 9.17) is 10.2 Å². The molecule has 0 aromatic rings. The van der Waals surface area contributed by atoms with Crippen molar-refractivity contribution in [2.24, 2.45) is 0 Å². The number of hydrogen-bond acceptors (Lipinski definition) is 6. The summed E-state index contributed by atoms with van der Waals surface area (Å²) < 4.78 is 8.35. The van der Waals surface area contributed by atoms with E-state index in [-0.39, 0.29) is 32.4 Å². The number of aliphatic hydroxyl groups is 2. The first-order valence-electron chi connectivity index (χ1n) is 3.59. The van der Waals surface area contributed by atoms with Crippen LogP contribution in [0.3, 0.4) is 0 Å². The van der Waals surface area contributed by atoms with Crippen LogP contribution >= 0.6 is 0 Å². The Hall–Kier alpha value is -1.14. The lowest BCUT2D eigenvalue weighted by Gasteiger charge is -1.93. The van der Waals surface area contributed by atoms with E-state index in [1.54, 1.807) is 0 Å². The molecule has 0 aliphatic heterocycles. The van der Waals surface area contributed by atoms with Gasteiger partial charge < -0.3 is 19.7 Å². The van der Waals surface area contributed by atoms with Crippen molar-refractivity contribution in [3.8, 4) is 0 Å². The van der Waals surface area contributed by atoms with Crippen LogP contribution in [0.25, 0.3) is 0 Å². The highest BCUT2D eigenvalue weighted by Gasteiger charge is 1.86. The molecule has 78 valence electrons. The van der Waals surface area contributed by atoms with Crippen LogP contribution in [-0.4, -0.2) is 49.1 Å². The molecule has 0 bridgehead atoms. The number of aliphatic hydroxyl groups excluding tert-OH is 2. The average molecular weight is 194 g/mol. The van der Waals surface area contributed by atoms with E-state index in [2.05, 4.69) is 9.47 Å². The summed E-state index contributed by atoms with van der Waals surface area (Å²) in [7, 11) is 0. The molecule has 0 aromatic heterocycles. The van der Waals surface area contributed by atoms with Gasteiger partial charge in [0.2, 0.25) is 0 Å². The molecule has 6 heteroatoms. The fourth-order valence-electron chi connectivity index (χ4n) is 0.290. The number of hydrogen-bond donors (Lipinski definition) is 2. The van der Waals surface area contributed by atoms with Gasteiger partial charge in [-0.25, -0.2) is 0 Å². The maximum Gasteiger partial charge on any atom is 0.302 e. The zero-order valence-electron chi connectivity index (χ0n) is 7.43. The standard InChI is InChI=1S/C4H8O3.C3H6O3/c1-4(6)7-3-2-5;4-1-2-6-3-5/h5H,2-3H2,1H3;3-4H,1-2H2. The summed E-state index contributed by atoms with van der Waals surface area (Å²) in [6.07, 6.45) is 0. The highest BCUT2D eigenvalue weighted by molar-refractivity contribution is 5.65. The van der Waals surface area contributed by atoms with Crippen LogP contribution in [0, 0.1) is 0 Å². The van der Waals surface area contributed by atoms with Gasteiger partial charge in [0.1, 0.15) is 13.2 Å². The molecule has 0 unspecified atom stereocenters. The van der Waals surface area contributed by atoms with Gasteiger partial charge in [0, 0.05) is 6.92 Å². The number of esters is 1. The second-order valence-electron chi connectivity index (χ2n) is 1.75. The molecule has 6 nitrogen and oxygen atoms in total. The Labute approximate surface area is 76.1 Å². The molecule has 0 spiro atoms. The summed E-state index contributed by atoms with van der Waals surface area (Å²) in [4.78, 5) is 19.1. The Bertz CT molecular complexity index is 124. The SMILES string of the molecule is CC(=O)OCCO.O=COCCO. The smallest absolute Gasteiger partial charge is 0.302 e. The molecule has 0 aliphatic carbocycles. The maximum absolute atomic E-state index is 9.87. The largest absolute Gasteiger partial charge is 0.465 e. The molecule has 0 rings (SSSR count). The van der Waals surface area contributed by atoms with Gasteiger partial charge in [-0.1, -0.05) is 0 Å². The minimum absolute atomic E-state index is 0.0976. The molecular formula is C7H14O6. The van der Waals surface area contributed by atoms with Crippen molar-refractivity contribution in [2.45, 2.75) is 6.92 Å². The first kappa shape index (κ1) is 14.4. The Kier molecular flexibility index (Phi) is 14.9. The highest BCUT2D eigenvalue weighted by Crippen LogP contribution is 1.71. The van der Waals surface area contributed by atoms with Crippen LogP contribution < -0.4 is 0 Å². The number of carbonyl (C=O) groups is 2. The summed E-state index contributed by atoms with van der Waals surface area (Å²) in [5.41, 5.74) is 0. The van der Waals surface area contributed by atoms with Crippen LogP contribution in [0.15, 0.2) is 0 Å². The fourth-order valence-corrected chi connectivity index (χ4v) is 0.290. The summed E-state index contributed by atoms with van der Waals surface area (Å²) in [5.74, 6) is -0.353. The van der Waals surface area contributed by atoms with Crippen LogP contribution in [0.2, 0.25) is 0 Å². The zero-order valence-corrected chi connectivity index (χ0v) is 7.43. The van der Waals surface area contributed by atoms with Crippen LogP contribution in [0.5, 0.6) is 0 Å². The third-order valence-corrected chi connectivity index (χ3v) is 0.674. The van der Waals surface area contributed by atoms with Gasteiger partial charge in [0.25, 0.3) is 6.47 Å². The van der Waals surface area contributed by atoms with Crippen molar-refractivity contribution >= 4 is 12.4 Å². The molecule has 0 radical (unpaired) electrons. The molecule has 2 N–H and O–H groups in total. The molecule has 0 saturated heterocycles. The summed E-state index contributed by atoms with van der Waals surface area (Å²) >= 11 is 0. The van der Waals surface area contributed by atoms with Gasteiger partial charge >= 0.3 is 5.97 Å². The van der Waals surface area contributed by atoms with Gasteiger partial charge in [0.05, 0.1) is 13.2 Å². The van der Waals surface area contributed by atoms with E-state index in [9.17, 15) is 9.59 Å². The predicted octanol–water partition coefficient (Wildman–Crippen LogP) is -1.31. The summed E-state index contributed by atoms with van der Waals surface area (Å²) in [6, 6.07) is 0. The topological polar surface area (TPSA) is 93.1 Å². The summed E-state index contributed by atoms with van der Waals surface area (Å²) in [5, 5.41) is 16.0. The molecule has 0 heterocycles. The van der Waals surface area contributed by atoms with Crippen LogP contribution in [0.4, 0.5) is 0 Å². The second-order valence-corrected chi connectivity index (χ2v) is 1.75. The van der Waals surface area contributed by atoms with Crippen molar-refractivity contribution in [2.75, 3.05) is 26.4 Å². The van der Waals surface area contributed by atoms with Gasteiger partial charge in [-0.2, -0.15) is 0 Å². The van der Waals surface area contributed by atoms with E-state index in [1.165, 1.54) is 6.92 Å². The minimum atomic E-state index is -0.353. The zero-order chi connectivity index (χ0) is 10.5. The van der Waals surface area contributed by atoms with E-state index in [0.29, 0.717) is 6.47 Å². The number of carbonyl (C=O) groups excluding carboxylic acids is 2. The van der Waals surface area contributed by atoms with Crippen molar-refractivity contribution < 1.29 is 29.3 Å². The van der Waals surface area contributed by atoms with Crippen molar-refractivity contribution in [1.29, 1.82) is 0 Å². The molecule has 0 saturated carbocycles. The molecule has 0 aromatic carbocycles. The monoisotopic (exact) mass is 194 g/mol. The first-order chi connectivity index (χ1) is 6.18. The van der Waals surface area contributed by atoms with Crippen molar-refractivity contribution in [1.82, 2.24) is 0 Å². The Balaban J connectivity index is 0. The van der Waals surface area contributed by atoms with Gasteiger partial charge in [-0.3, -0.25) is 9.59 Å². The van der Waals surface area contributed by atoms with E-state index < -0.39 is 0 Å². The van der Waals surface area contributed by atoms with Crippen molar-refractivity contribution in [3.63, 3.8) is 0 Å². The minimum Gasteiger partial charge on any atom is -0.465 e. The summed E-state index contributed by atoms with van der Waals surface area (Å²) in [6.45, 7) is 1.61. The fraction of sp³-hybridized carbons (Fsp3) is 0.714. The second kappa shape index (κ2) is 13.4. The average Bonchev–Trinajstić information content (AvgIpc) is 2.12. The van der Waals surface area contributed by atoms with Crippen LogP contribution in [-0.2, 0) is 19.1 Å². The lowest BCUT2D eigenvalue weighted by atomic mass is 10.7. The van der Waals surface area contributed by atoms with E-state index in [0.717, 1.165) is 0 Å². The third-order valence-electron chi connectivity index (χ3n) is 0.674. The molecule has 13 heavy (non-hydrogen) atoms. The lowest BCUT2D eigenvalue weighted by Crippen LogP contribution is -2.03. The predicted molar refractivity (Wildman–Crippen MR) is 42.8 cm³/mol. The first-order valence-corrected chi connectivity index (χ1v) is 3.59. The number of rotatable bonds is 5. The maximum atomic E-state index is 9.87. The Morgan fingerprint density at radius 2 is 1.85 bits per heavy atom. The normalized spacial score (nSPS) is 7.92. The van der Waals surface area contributed by atoms with E-state index in [1.807, 2.05) is 0 Å². The van der Waals surface area contributed by atoms with Gasteiger partial charge in [-0.05, 0) is 0 Å². The molecule has 0 aliphatic rings. The number of ether oxygens (including phenoxy) is 2. The van der Waals surface area contributed by atoms with Crippen molar-refractivity contribution in [3.05, 3.63) is 0 Å². The molecule has 0 fully saturated rings. The molecule has 0 atom stereocenters.